The number of anilines is 1. The van der Waals surface area contributed by atoms with Crippen LogP contribution in [0, 0.1) is 29.0 Å². The smallest absolute Gasteiger partial charge is 0.143 e. The van der Waals surface area contributed by atoms with E-state index in [-0.39, 0.29) is 5.56 Å². The summed E-state index contributed by atoms with van der Waals surface area (Å²) >= 11 is 0. The van der Waals surface area contributed by atoms with Crippen molar-refractivity contribution in [2.75, 3.05) is 5.32 Å². The van der Waals surface area contributed by atoms with Gasteiger partial charge in [-0.3, -0.25) is 0 Å². The molecule has 0 spiro atoms. The minimum atomic E-state index is -0.444. The average molecular weight is 246 g/mol. The van der Waals surface area contributed by atoms with E-state index in [1.165, 1.54) is 18.9 Å². The van der Waals surface area contributed by atoms with E-state index < -0.39 is 5.82 Å². The van der Waals surface area contributed by atoms with Crippen LogP contribution < -0.4 is 5.32 Å². The Kier molecular flexibility index (Phi) is 3.86. The van der Waals surface area contributed by atoms with Crippen molar-refractivity contribution < 1.29 is 4.39 Å². The van der Waals surface area contributed by atoms with Crippen LogP contribution in [0.4, 0.5) is 10.1 Å². The van der Waals surface area contributed by atoms with Gasteiger partial charge in [0.05, 0.1) is 5.69 Å². The standard InChI is InChI=1S/C15H19FN2/c1-3-11-7-8-14(10(11)2)18-15-6-4-5-13(16)12(15)9-17/h4-6,10-11,14,18H,3,7-8H2,1-2H3. The molecule has 1 aliphatic rings. The molecule has 0 saturated heterocycles. The Bertz CT molecular complexity index is 464. The van der Waals surface area contributed by atoms with Crippen LogP contribution in [0.5, 0.6) is 0 Å². The zero-order chi connectivity index (χ0) is 13.1. The highest BCUT2D eigenvalue weighted by Crippen LogP contribution is 2.36. The van der Waals surface area contributed by atoms with Gasteiger partial charge in [-0.2, -0.15) is 5.26 Å². The lowest BCUT2D eigenvalue weighted by Crippen LogP contribution is -2.25. The van der Waals surface area contributed by atoms with Gasteiger partial charge in [-0.25, -0.2) is 4.39 Å². The molecule has 1 aromatic rings. The summed E-state index contributed by atoms with van der Waals surface area (Å²) in [5, 5.41) is 12.4. The Hall–Kier alpha value is -1.56. The molecule has 2 nitrogen and oxygen atoms in total. The summed E-state index contributed by atoms with van der Waals surface area (Å²) in [5.74, 6) is 0.867. The number of benzene rings is 1. The number of rotatable bonds is 3. The van der Waals surface area contributed by atoms with Crippen molar-refractivity contribution in [3.63, 3.8) is 0 Å². The van der Waals surface area contributed by atoms with Gasteiger partial charge in [-0.05, 0) is 36.8 Å². The lowest BCUT2D eigenvalue weighted by Gasteiger charge is -2.22. The van der Waals surface area contributed by atoms with Crippen LogP contribution in [0.3, 0.4) is 0 Å². The van der Waals surface area contributed by atoms with E-state index >= 15 is 0 Å². The topological polar surface area (TPSA) is 35.8 Å². The summed E-state index contributed by atoms with van der Waals surface area (Å²) in [4.78, 5) is 0. The van der Waals surface area contributed by atoms with Crippen molar-refractivity contribution in [3.8, 4) is 6.07 Å². The van der Waals surface area contributed by atoms with Crippen LogP contribution in [-0.2, 0) is 0 Å². The minimum absolute atomic E-state index is 0.129. The van der Waals surface area contributed by atoms with Crippen LogP contribution >= 0.6 is 0 Å². The van der Waals surface area contributed by atoms with Gasteiger partial charge >= 0.3 is 0 Å². The summed E-state index contributed by atoms with van der Waals surface area (Å²) in [5.41, 5.74) is 0.760. The molecule has 1 aliphatic carbocycles. The maximum Gasteiger partial charge on any atom is 0.143 e. The molecule has 2 rings (SSSR count). The Morgan fingerprint density at radius 3 is 2.83 bits per heavy atom. The second-order valence-corrected chi connectivity index (χ2v) is 5.13. The molecule has 0 bridgehead atoms. The highest BCUT2D eigenvalue weighted by Gasteiger charge is 2.31. The van der Waals surface area contributed by atoms with Crippen LogP contribution in [0.15, 0.2) is 18.2 Å². The third-order valence-electron chi connectivity index (χ3n) is 4.22. The molecular weight excluding hydrogens is 227 g/mol. The van der Waals surface area contributed by atoms with Gasteiger partial charge in [-0.15, -0.1) is 0 Å². The summed E-state index contributed by atoms with van der Waals surface area (Å²) < 4.78 is 13.5. The fraction of sp³-hybridized carbons (Fsp3) is 0.533. The number of hydrogen-bond donors (Lipinski definition) is 1. The molecule has 3 unspecified atom stereocenters. The summed E-state index contributed by atoms with van der Waals surface area (Å²) in [7, 11) is 0. The second kappa shape index (κ2) is 5.39. The monoisotopic (exact) mass is 246 g/mol. The first-order chi connectivity index (χ1) is 8.67. The van der Waals surface area contributed by atoms with E-state index in [2.05, 4.69) is 19.2 Å². The zero-order valence-electron chi connectivity index (χ0n) is 10.9. The quantitative estimate of drug-likeness (QED) is 0.877. The molecule has 0 aromatic heterocycles. The summed E-state index contributed by atoms with van der Waals surface area (Å²) in [6.07, 6.45) is 3.50. The van der Waals surface area contributed by atoms with E-state index in [4.69, 9.17) is 5.26 Å². The number of halogens is 1. The molecule has 1 N–H and O–H groups in total. The SMILES string of the molecule is CCC1CCC(Nc2cccc(F)c2C#N)C1C. The Labute approximate surface area is 108 Å². The summed E-state index contributed by atoms with van der Waals surface area (Å²) in [6, 6.07) is 7.05. The van der Waals surface area contributed by atoms with Crippen molar-refractivity contribution in [3.05, 3.63) is 29.6 Å². The summed E-state index contributed by atoms with van der Waals surface area (Å²) in [6.45, 7) is 4.45. The van der Waals surface area contributed by atoms with E-state index in [1.807, 2.05) is 6.07 Å². The zero-order valence-corrected chi connectivity index (χ0v) is 10.9. The minimum Gasteiger partial charge on any atom is -0.381 e. The van der Waals surface area contributed by atoms with E-state index in [9.17, 15) is 4.39 Å². The molecule has 3 atom stereocenters. The maximum atomic E-state index is 13.5. The van der Waals surface area contributed by atoms with Crippen molar-refractivity contribution in [2.45, 2.75) is 39.2 Å². The highest BCUT2D eigenvalue weighted by atomic mass is 19.1. The van der Waals surface area contributed by atoms with Gasteiger partial charge in [0, 0.05) is 6.04 Å². The van der Waals surface area contributed by atoms with Crippen LogP contribution in [0.25, 0.3) is 0 Å². The number of hydrogen-bond acceptors (Lipinski definition) is 2. The number of nitriles is 1. The first-order valence-corrected chi connectivity index (χ1v) is 6.62. The molecule has 96 valence electrons. The lowest BCUT2D eigenvalue weighted by atomic mass is 9.93. The van der Waals surface area contributed by atoms with Crippen molar-refractivity contribution in [1.29, 1.82) is 5.26 Å². The third-order valence-corrected chi connectivity index (χ3v) is 4.22. The molecule has 0 radical (unpaired) electrons. The Morgan fingerprint density at radius 2 is 2.22 bits per heavy atom. The molecule has 18 heavy (non-hydrogen) atoms. The van der Waals surface area contributed by atoms with E-state index in [0.29, 0.717) is 17.6 Å². The molecule has 3 heteroatoms. The average Bonchev–Trinajstić information content (AvgIpc) is 2.71. The lowest BCUT2D eigenvalue weighted by molar-refractivity contribution is 0.392. The van der Waals surface area contributed by atoms with E-state index in [0.717, 1.165) is 12.3 Å². The van der Waals surface area contributed by atoms with Gasteiger partial charge < -0.3 is 5.32 Å². The van der Waals surface area contributed by atoms with Gasteiger partial charge in [0.1, 0.15) is 17.4 Å². The van der Waals surface area contributed by atoms with E-state index in [1.54, 1.807) is 12.1 Å². The normalized spacial score (nSPS) is 26.9. The van der Waals surface area contributed by atoms with Gasteiger partial charge in [0.2, 0.25) is 0 Å². The molecule has 1 saturated carbocycles. The predicted octanol–water partition coefficient (Wildman–Crippen LogP) is 3.93. The molecule has 0 aliphatic heterocycles. The first-order valence-electron chi connectivity index (χ1n) is 6.62. The van der Waals surface area contributed by atoms with Crippen LogP contribution in [0.1, 0.15) is 38.7 Å². The second-order valence-electron chi connectivity index (χ2n) is 5.13. The van der Waals surface area contributed by atoms with Crippen molar-refractivity contribution in [1.82, 2.24) is 0 Å². The largest absolute Gasteiger partial charge is 0.381 e. The predicted molar refractivity (Wildman–Crippen MR) is 70.7 cm³/mol. The fourth-order valence-electron chi connectivity index (χ4n) is 2.99. The van der Waals surface area contributed by atoms with Crippen molar-refractivity contribution in [2.24, 2.45) is 11.8 Å². The fourth-order valence-corrected chi connectivity index (χ4v) is 2.99. The number of nitrogens with one attached hydrogen (secondary N) is 1. The Balaban J connectivity index is 2.16. The molecule has 1 aromatic carbocycles. The van der Waals surface area contributed by atoms with Gasteiger partial charge in [0.15, 0.2) is 0 Å². The molecular formula is C15H19FN2. The molecule has 1 fully saturated rings. The van der Waals surface area contributed by atoms with Gasteiger partial charge in [0.25, 0.3) is 0 Å². The Morgan fingerprint density at radius 1 is 1.44 bits per heavy atom. The van der Waals surface area contributed by atoms with Crippen LogP contribution in [-0.4, -0.2) is 6.04 Å². The third kappa shape index (κ3) is 2.33. The molecule has 0 amide bonds. The van der Waals surface area contributed by atoms with Crippen LogP contribution in [0.2, 0.25) is 0 Å². The number of nitrogens with zero attached hydrogens (tertiary/aromatic N) is 1. The first kappa shape index (κ1) is 12.9. The maximum absolute atomic E-state index is 13.5. The highest BCUT2D eigenvalue weighted by molar-refractivity contribution is 5.58. The van der Waals surface area contributed by atoms with Gasteiger partial charge in [-0.1, -0.05) is 26.3 Å². The van der Waals surface area contributed by atoms with Crippen molar-refractivity contribution >= 4 is 5.69 Å². The molecule has 0 heterocycles.